The van der Waals surface area contributed by atoms with Crippen LogP contribution in [0, 0.1) is 6.92 Å². The Morgan fingerprint density at radius 1 is 1.09 bits per heavy atom. The number of nitrogens with zero attached hydrogens (tertiary/aromatic N) is 2. The van der Waals surface area contributed by atoms with Gasteiger partial charge >= 0.3 is 6.09 Å². The molecular formula is C16H22N2O4S. The van der Waals surface area contributed by atoms with Crippen LogP contribution in [-0.2, 0) is 14.8 Å². The van der Waals surface area contributed by atoms with E-state index in [2.05, 4.69) is 0 Å². The van der Waals surface area contributed by atoms with Gasteiger partial charge in [-0.05, 0) is 39.8 Å². The molecule has 23 heavy (non-hydrogen) atoms. The largest absolute Gasteiger partial charge is 0.443 e. The zero-order valence-electron chi connectivity index (χ0n) is 13.8. The highest BCUT2D eigenvalue weighted by atomic mass is 32.2. The van der Waals surface area contributed by atoms with Crippen molar-refractivity contribution < 1.29 is 17.9 Å². The van der Waals surface area contributed by atoms with E-state index < -0.39 is 21.7 Å². The van der Waals surface area contributed by atoms with Gasteiger partial charge in [-0.25, -0.2) is 13.2 Å². The Labute approximate surface area is 137 Å². The van der Waals surface area contributed by atoms with Gasteiger partial charge in [0, 0.05) is 18.9 Å². The van der Waals surface area contributed by atoms with Gasteiger partial charge < -0.3 is 4.74 Å². The molecule has 0 bridgehead atoms. The molecule has 0 aliphatic carbocycles. The van der Waals surface area contributed by atoms with Gasteiger partial charge in [-0.1, -0.05) is 17.7 Å². The summed E-state index contributed by atoms with van der Waals surface area (Å²) in [5.74, 6) is 0. The molecule has 0 atom stereocenters. The molecule has 0 fully saturated rings. The van der Waals surface area contributed by atoms with Gasteiger partial charge in [0.1, 0.15) is 5.60 Å². The molecule has 6 nitrogen and oxygen atoms in total. The summed E-state index contributed by atoms with van der Waals surface area (Å²) in [5, 5.41) is 0. The van der Waals surface area contributed by atoms with Gasteiger partial charge in [0.2, 0.25) is 0 Å². The molecule has 0 spiro atoms. The predicted octanol–water partition coefficient (Wildman–Crippen LogP) is 2.71. The second-order valence-electron chi connectivity index (χ2n) is 6.40. The van der Waals surface area contributed by atoms with E-state index in [0.29, 0.717) is 0 Å². The molecule has 1 aliphatic rings. The summed E-state index contributed by atoms with van der Waals surface area (Å²) in [6.45, 7) is 7.69. The van der Waals surface area contributed by atoms with Crippen molar-refractivity contribution in [1.82, 2.24) is 9.21 Å². The molecule has 1 aliphatic heterocycles. The lowest BCUT2D eigenvalue weighted by Crippen LogP contribution is -2.42. The molecule has 0 saturated carbocycles. The number of aryl methyl sites for hydroxylation is 1. The van der Waals surface area contributed by atoms with Gasteiger partial charge in [-0.15, -0.1) is 0 Å². The lowest BCUT2D eigenvalue weighted by Gasteiger charge is -2.31. The number of benzene rings is 1. The van der Waals surface area contributed by atoms with Crippen LogP contribution in [0.2, 0.25) is 0 Å². The Morgan fingerprint density at radius 2 is 1.70 bits per heavy atom. The summed E-state index contributed by atoms with van der Waals surface area (Å²) in [6.07, 6.45) is 2.34. The van der Waals surface area contributed by atoms with Crippen LogP contribution in [-0.4, -0.2) is 42.4 Å². The summed E-state index contributed by atoms with van der Waals surface area (Å²) >= 11 is 0. The molecule has 1 aromatic carbocycles. The topological polar surface area (TPSA) is 66.9 Å². The lowest BCUT2D eigenvalue weighted by atomic mass is 10.2. The fourth-order valence-electron chi connectivity index (χ4n) is 2.03. The summed E-state index contributed by atoms with van der Waals surface area (Å²) in [6, 6.07) is 6.68. The monoisotopic (exact) mass is 338 g/mol. The van der Waals surface area contributed by atoms with E-state index >= 15 is 0 Å². The third-order valence-electron chi connectivity index (χ3n) is 3.23. The molecule has 1 aromatic rings. The van der Waals surface area contributed by atoms with Crippen molar-refractivity contribution in [2.45, 2.75) is 38.2 Å². The number of carbonyl (C=O) groups excluding carboxylic acids is 1. The van der Waals surface area contributed by atoms with E-state index in [1.165, 1.54) is 21.6 Å². The summed E-state index contributed by atoms with van der Waals surface area (Å²) < 4.78 is 31.6. The Morgan fingerprint density at radius 3 is 2.17 bits per heavy atom. The lowest BCUT2D eigenvalue weighted by molar-refractivity contribution is 0.0320. The highest BCUT2D eigenvalue weighted by Crippen LogP contribution is 2.20. The van der Waals surface area contributed by atoms with Crippen LogP contribution in [0.5, 0.6) is 0 Å². The van der Waals surface area contributed by atoms with Crippen LogP contribution in [0.25, 0.3) is 0 Å². The molecule has 0 N–H and O–H groups in total. The average molecular weight is 338 g/mol. The Bertz CT molecular complexity index is 703. The normalized spacial score (nSPS) is 15.7. The van der Waals surface area contributed by atoms with Crippen LogP contribution >= 0.6 is 0 Å². The summed E-state index contributed by atoms with van der Waals surface area (Å²) in [4.78, 5) is 13.6. The highest BCUT2D eigenvalue weighted by molar-refractivity contribution is 7.89. The van der Waals surface area contributed by atoms with Gasteiger partial charge in [0.25, 0.3) is 10.0 Å². The number of hydrogen-bond donors (Lipinski definition) is 0. The fraction of sp³-hybridized carbons (Fsp3) is 0.438. The van der Waals surface area contributed by atoms with E-state index in [1.54, 1.807) is 45.0 Å². The van der Waals surface area contributed by atoms with Gasteiger partial charge in [-0.2, -0.15) is 0 Å². The maximum absolute atomic E-state index is 12.5. The first-order valence-corrected chi connectivity index (χ1v) is 8.80. The van der Waals surface area contributed by atoms with Crippen LogP contribution in [0.4, 0.5) is 4.79 Å². The molecule has 7 heteroatoms. The van der Waals surface area contributed by atoms with E-state index in [9.17, 15) is 13.2 Å². The van der Waals surface area contributed by atoms with Crippen molar-refractivity contribution >= 4 is 16.1 Å². The van der Waals surface area contributed by atoms with E-state index in [-0.39, 0.29) is 18.0 Å². The highest BCUT2D eigenvalue weighted by Gasteiger charge is 2.28. The molecule has 126 valence electrons. The SMILES string of the molecule is Cc1ccc(S(=O)(=O)N2C=CN(C(=O)OC(C)(C)C)CC2)cc1. The molecule has 1 amide bonds. The van der Waals surface area contributed by atoms with Crippen molar-refractivity contribution in [3.05, 3.63) is 42.2 Å². The van der Waals surface area contributed by atoms with Crippen molar-refractivity contribution in [2.24, 2.45) is 0 Å². The zero-order chi connectivity index (χ0) is 17.3. The summed E-state index contributed by atoms with van der Waals surface area (Å²) in [5.41, 5.74) is 0.407. The van der Waals surface area contributed by atoms with Crippen LogP contribution in [0.15, 0.2) is 41.6 Å². The van der Waals surface area contributed by atoms with Crippen molar-refractivity contribution in [2.75, 3.05) is 13.1 Å². The third-order valence-corrected chi connectivity index (χ3v) is 5.02. The standard InChI is InChI=1S/C16H22N2O4S/c1-13-5-7-14(8-6-13)23(20,21)18-11-9-17(10-12-18)15(19)22-16(2,3)4/h5-9,11H,10,12H2,1-4H3. The molecule has 0 unspecified atom stereocenters. The number of hydrogen-bond acceptors (Lipinski definition) is 4. The van der Waals surface area contributed by atoms with Gasteiger partial charge in [-0.3, -0.25) is 9.21 Å². The average Bonchev–Trinajstić information content (AvgIpc) is 2.46. The van der Waals surface area contributed by atoms with Crippen LogP contribution in [0.3, 0.4) is 0 Å². The first kappa shape index (κ1) is 17.3. The first-order chi connectivity index (χ1) is 10.6. The zero-order valence-corrected chi connectivity index (χ0v) is 14.6. The molecule has 0 radical (unpaired) electrons. The van der Waals surface area contributed by atoms with Crippen LogP contribution < -0.4 is 0 Å². The third kappa shape index (κ3) is 4.25. The maximum atomic E-state index is 12.5. The first-order valence-electron chi connectivity index (χ1n) is 7.36. The smallest absolute Gasteiger partial charge is 0.414 e. The van der Waals surface area contributed by atoms with Gasteiger partial charge in [0.05, 0.1) is 11.4 Å². The molecule has 1 heterocycles. The molecule has 2 rings (SSSR count). The van der Waals surface area contributed by atoms with Gasteiger partial charge in [0.15, 0.2) is 0 Å². The van der Waals surface area contributed by atoms with Crippen molar-refractivity contribution in [1.29, 1.82) is 0 Å². The minimum absolute atomic E-state index is 0.186. The second-order valence-corrected chi connectivity index (χ2v) is 8.29. The maximum Gasteiger partial charge on any atom is 0.414 e. The van der Waals surface area contributed by atoms with Crippen molar-refractivity contribution in [3.63, 3.8) is 0 Å². The number of rotatable bonds is 2. The summed E-state index contributed by atoms with van der Waals surface area (Å²) in [7, 11) is -3.60. The fourth-order valence-corrected chi connectivity index (χ4v) is 3.32. The molecule has 0 aromatic heterocycles. The number of amides is 1. The van der Waals surface area contributed by atoms with E-state index in [0.717, 1.165) is 5.56 Å². The minimum atomic E-state index is -3.60. The Kier molecular flexibility index (Phi) is 4.70. The molecular weight excluding hydrogens is 316 g/mol. The Balaban J connectivity index is 2.11. The van der Waals surface area contributed by atoms with E-state index in [4.69, 9.17) is 4.74 Å². The second kappa shape index (κ2) is 6.23. The van der Waals surface area contributed by atoms with E-state index in [1.807, 2.05) is 6.92 Å². The quantitative estimate of drug-likeness (QED) is 0.831. The minimum Gasteiger partial charge on any atom is -0.443 e. The number of carbonyl (C=O) groups is 1. The van der Waals surface area contributed by atoms with Crippen molar-refractivity contribution in [3.8, 4) is 0 Å². The molecule has 0 saturated heterocycles. The van der Waals surface area contributed by atoms with Crippen LogP contribution in [0.1, 0.15) is 26.3 Å². The number of sulfonamides is 1. The number of ether oxygens (including phenoxy) is 1. The Hall–Kier alpha value is -2.02. The predicted molar refractivity (Wildman–Crippen MR) is 87.2 cm³/mol.